The third-order valence-electron chi connectivity index (χ3n) is 18.0. The van der Waals surface area contributed by atoms with Gasteiger partial charge in [0, 0.05) is 6.42 Å². The maximum Gasteiger partial charge on any atom is 0.220 e. The van der Waals surface area contributed by atoms with Gasteiger partial charge >= 0.3 is 0 Å². The molecule has 3 aliphatic rings. The van der Waals surface area contributed by atoms with Gasteiger partial charge in [0.1, 0.15) is 73.2 Å². The van der Waals surface area contributed by atoms with Crippen LogP contribution in [-0.4, -0.2) is 193 Å². The van der Waals surface area contributed by atoms with Crippen molar-refractivity contribution in [3.8, 4) is 0 Å². The number of carbonyl (C=O) groups excluding carboxylic acids is 1. The fourth-order valence-corrected chi connectivity index (χ4v) is 12.1. The Morgan fingerprint density at radius 3 is 1.19 bits per heavy atom. The van der Waals surface area contributed by atoms with Crippen LogP contribution in [0.15, 0.2) is 72.9 Å². The molecule has 0 bridgehead atoms. The number of hydrogen-bond acceptors (Lipinski definition) is 18. The van der Waals surface area contributed by atoms with Crippen molar-refractivity contribution in [2.45, 2.75) is 362 Å². The maximum absolute atomic E-state index is 13.3. The lowest BCUT2D eigenvalue weighted by Gasteiger charge is -2.48. The summed E-state index contributed by atoms with van der Waals surface area (Å²) in [5.41, 5.74) is 0. The Bertz CT molecular complexity index is 1970. The predicted octanol–water partition coefficient (Wildman–Crippen LogP) is 10.5. The van der Waals surface area contributed by atoms with Gasteiger partial charge in [-0.3, -0.25) is 4.79 Å². The monoisotopic (exact) mass is 1320 g/mol. The van der Waals surface area contributed by atoms with Crippen molar-refractivity contribution in [2.75, 3.05) is 26.4 Å². The molecule has 19 nitrogen and oxygen atoms in total. The van der Waals surface area contributed by atoms with E-state index in [0.29, 0.717) is 12.8 Å². The molecular weight excluding hydrogens is 1190 g/mol. The molecular formula is C74H131NO18. The van der Waals surface area contributed by atoms with Crippen molar-refractivity contribution in [1.29, 1.82) is 0 Å². The molecule has 0 aromatic rings. The number of nitrogens with one attached hydrogen (secondary N) is 1. The third-order valence-corrected chi connectivity index (χ3v) is 18.0. The first-order valence-corrected chi connectivity index (χ1v) is 36.7. The Hall–Kier alpha value is -2.77. The predicted molar refractivity (Wildman–Crippen MR) is 365 cm³/mol. The zero-order valence-corrected chi connectivity index (χ0v) is 57.2. The fourth-order valence-electron chi connectivity index (χ4n) is 12.1. The van der Waals surface area contributed by atoms with Crippen molar-refractivity contribution in [3.63, 3.8) is 0 Å². The van der Waals surface area contributed by atoms with Crippen molar-refractivity contribution in [2.24, 2.45) is 0 Å². The Balaban J connectivity index is 1.22. The lowest BCUT2D eigenvalue weighted by atomic mass is 9.96. The van der Waals surface area contributed by atoms with Crippen LogP contribution >= 0.6 is 0 Å². The van der Waals surface area contributed by atoms with E-state index in [0.717, 1.165) is 64.2 Å². The molecule has 17 unspecified atom stereocenters. The van der Waals surface area contributed by atoms with Gasteiger partial charge in [0.05, 0.1) is 38.6 Å². The SMILES string of the molecule is CC/C=C\C/C=C\C/C=C\C/C=C\CCCCCCCCCCCCCCCCCCCCCCCCCCCCCCC(=O)NC(COC1OC(CO)C(OC2OC(CO)C(OC3OC(CO)C(O)C(O)C3O)C(O)C2O)C(O)C1O)C(O)/C=C/CC/C=C/CCC. The summed E-state index contributed by atoms with van der Waals surface area (Å²) >= 11 is 0. The molecule has 0 radical (unpaired) electrons. The minimum absolute atomic E-state index is 0.236. The molecule has 3 saturated heterocycles. The number of unbranched alkanes of at least 4 members (excludes halogenated alkanes) is 30. The minimum Gasteiger partial charge on any atom is -0.394 e. The summed E-state index contributed by atoms with van der Waals surface area (Å²) in [6.07, 6.45) is 44.2. The first kappa shape index (κ1) is 84.5. The van der Waals surface area contributed by atoms with Gasteiger partial charge < -0.3 is 89.9 Å². The van der Waals surface area contributed by atoms with Crippen LogP contribution in [-0.2, 0) is 33.2 Å². The zero-order chi connectivity index (χ0) is 67.5. The van der Waals surface area contributed by atoms with Crippen LogP contribution in [0.3, 0.4) is 0 Å². The number of allylic oxidation sites excluding steroid dienone is 11. The number of amides is 1. The summed E-state index contributed by atoms with van der Waals surface area (Å²) in [6, 6.07) is -0.987. The second kappa shape index (κ2) is 55.1. The fraction of sp³-hybridized carbons (Fsp3) is 0.824. The van der Waals surface area contributed by atoms with Gasteiger partial charge in [0.25, 0.3) is 0 Å². The average molecular weight is 1320 g/mol. The number of ether oxygens (including phenoxy) is 6. The first-order chi connectivity index (χ1) is 45.3. The molecule has 0 aromatic carbocycles. The number of aliphatic hydroxyl groups excluding tert-OH is 11. The molecule has 17 atom stereocenters. The van der Waals surface area contributed by atoms with Gasteiger partial charge in [-0.2, -0.15) is 0 Å². The first-order valence-electron chi connectivity index (χ1n) is 36.7. The molecule has 12 N–H and O–H groups in total. The summed E-state index contributed by atoms with van der Waals surface area (Å²) in [5, 5.41) is 120. The number of aliphatic hydroxyl groups is 11. The molecule has 0 spiro atoms. The van der Waals surface area contributed by atoms with E-state index < -0.39 is 124 Å². The van der Waals surface area contributed by atoms with Crippen LogP contribution < -0.4 is 5.32 Å². The van der Waals surface area contributed by atoms with Crippen LogP contribution in [0.1, 0.15) is 258 Å². The largest absolute Gasteiger partial charge is 0.394 e. The Kier molecular flexibility index (Phi) is 50.1. The normalized spacial score (nSPS) is 27.9. The summed E-state index contributed by atoms with van der Waals surface area (Å²) in [4.78, 5) is 13.3. The lowest BCUT2D eigenvalue weighted by molar-refractivity contribution is -0.379. The highest BCUT2D eigenvalue weighted by molar-refractivity contribution is 5.76. The molecule has 1 amide bonds. The number of carbonyl (C=O) groups is 1. The van der Waals surface area contributed by atoms with E-state index in [1.54, 1.807) is 6.08 Å². The molecule has 3 fully saturated rings. The van der Waals surface area contributed by atoms with E-state index in [1.165, 1.54) is 161 Å². The smallest absolute Gasteiger partial charge is 0.220 e. The third kappa shape index (κ3) is 36.6. The lowest BCUT2D eigenvalue weighted by Crippen LogP contribution is -2.66. The van der Waals surface area contributed by atoms with Crippen molar-refractivity contribution < 1.29 is 89.4 Å². The van der Waals surface area contributed by atoms with E-state index in [4.69, 9.17) is 28.4 Å². The average Bonchev–Trinajstić information content (AvgIpc) is 0.798. The van der Waals surface area contributed by atoms with Crippen LogP contribution in [0.5, 0.6) is 0 Å². The molecule has 3 rings (SSSR count). The van der Waals surface area contributed by atoms with Gasteiger partial charge in [-0.25, -0.2) is 0 Å². The summed E-state index contributed by atoms with van der Waals surface area (Å²) in [7, 11) is 0. The Labute approximate surface area is 559 Å². The van der Waals surface area contributed by atoms with Gasteiger partial charge in [-0.15, -0.1) is 0 Å². The topological polar surface area (TPSA) is 307 Å². The second-order valence-electron chi connectivity index (χ2n) is 26.0. The molecule has 540 valence electrons. The highest BCUT2D eigenvalue weighted by atomic mass is 16.8. The van der Waals surface area contributed by atoms with E-state index >= 15 is 0 Å². The van der Waals surface area contributed by atoms with Gasteiger partial charge in [-0.05, 0) is 64.2 Å². The van der Waals surface area contributed by atoms with Crippen molar-refractivity contribution in [1.82, 2.24) is 5.32 Å². The van der Waals surface area contributed by atoms with Crippen molar-refractivity contribution >= 4 is 5.91 Å². The van der Waals surface area contributed by atoms with E-state index in [9.17, 15) is 61.0 Å². The van der Waals surface area contributed by atoms with Gasteiger partial charge in [0.2, 0.25) is 5.91 Å². The van der Waals surface area contributed by atoms with Crippen LogP contribution in [0, 0.1) is 0 Å². The maximum atomic E-state index is 13.3. The highest BCUT2D eigenvalue weighted by Crippen LogP contribution is 2.33. The standard InChI is InChI=1S/C74H131NO18/c1-3-5-7-9-11-12-13-14-15-16-17-18-19-20-21-22-23-24-25-26-27-28-29-30-31-32-33-34-35-36-37-38-39-40-41-42-43-44-46-48-50-52-62(80)75-57(58(79)51-49-47-45-10-8-6-4-2)56-88-72-68(86)65(83)70(60(54-77)90-72)93-74-69(87)66(84)71(61(55-78)91-74)92-73-67(85)64(82)63(81)59(53-76)89-73/h5,7-8,10-12,14-15,17-18,49,51,57-61,63-74,76-79,81-87H,3-4,6,9,13,16,19-48,50,52-56H2,1-2H3,(H,75,80)/b7-5-,10-8+,12-11-,15-14-,18-17-,51-49+. The molecule has 0 aromatic heterocycles. The summed E-state index contributed by atoms with van der Waals surface area (Å²) < 4.78 is 34.2. The Morgan fingerprint density at radius 1 is 0.398 bits per heavy atom. The summed E-state index contributed by atoms with van der Waals surface area (Å²) in [5.74, 6) is -0.288. The quantitative estimate of drug-likeness (QED) is 0.0199. The van der Waals surface area contributed by atoms with E-state index in [1.807, 2.05) is 6.08 Å². The molecule has 0 saturated carbocycles. The molecule has 93 heavy (non-hydrogen) atoms. The van der Waals surface area contributed by atoms with Crippen molar-refractivity contribution in [3.05, 3.63) is 72.9 Å². The second-order valence-corrected chi connectivity index (χ2v) is 26.0. The highest BCUT2D eigenvalue weighted by Gasteiger charge is 2.53. The van der Waals surface area contributed by atoms with Crippen LogP contribution in [0.4, 0.5) is 0 Å². The van der Waals surface area contributed by atoms with Gasteiger partial charge in [0.15, 0.2) is 18.9 Å². The van der Waals surface area contributed by atoms with E-state index in [-0.39, 0.29) is 18.9 Å². The molecule has 3 aliphatic heterocycles. The van der Waals surface area contributed by atoms with Crippen LogP contribution in [0.2, 0.25) is 0 Å². The molecule has 19 heteroatoms. The number of rotatable bonds is 56. The number of hydrogen-bond donors (Lipinski definition) is 12. The zero-order valence-electron chi connectivity index (χ0n) is 57.2. The summed E-state index contributed by atoms with van der Waals surface area (Å²) in [6.45, 7) is 1.47. The Morgan fingerprint density at radius 2 is 0.753 bits per heavy atom. The van der Waals surface area contributed by atoms with E-state index in [2.05, 4.69) is 79.9 Å². The molecule has 0 aliphatic carbocycles. The minimum atomic E-state index is -1.98. The van der Waals surface area contributed by atoms with Crippen LogP contribution in [0.25, 0.3) is 0 Å². The molecule has 3 heterocycles. The van der Waals surface area contributed by atoms with Gasteiger partial charge in [-0.1, -0.05) is 260 Å².